The third kappa shape index (κ3) is 5.78. The summed E-state index contributed by atoms with van der Waals surface area (Å²) in [5, 5.41) is 11.4. The smallest absolute Gasteiger partial charge is 0.225 e. The van der Waals surface area contributed by atoms with Crippen molar-refractivity contribution in [3.8, 4) is 0 Å². The molecule has 0 bridgehead atoms. The van der Waals surface area contributed by atoms with E-state index in [0.717, 1.165) is 23.6 Å². The van der Waals surface area contributed by atoms with E-state index in [4.69, 9.17) is 5.11 Å². The Kier molecular flexibility index (Phi) is 6.69. The van der Waals surface area contributed by atoms with Crippen LogP contribution < -0.4 is 5.32 Å². The molecule has 4 heteroatoms. The number of hydrogen-bond acceptors (Lipinski definition) is 3. The summed E-state index contributed by atoms with van der Waals surface area (Å²) in [5.41, 5.74) is 0.841. The van der Waals surface area contributed by atoms with E-state index >= 15 is 0 Å². The molecule has 0 aromatic heterocycles. The largest absolute Gasteiger partial charge is 0.396 e. The number of amides is 1. The first-order valence-electron chi connectivity index (χ1n) is 5.36. The van der Waals surface area contributed by atoms with Gasteiger partial charge >= 0.3 is 0 Å². The van der Waals surface area contributed by atoms with Crippen molar-refractivity contribution in [1.29, 1.82) is 0 Å². The third-order valence-corrected chi connectivity index (χ3v) is 3.05. The molecule has 1 rings (SSSR count). The van der Waals surface area contributed by atoms with Crippen LogP contribution in [0.3, 0.4) is 0 Å². The first kappa shape index (κ1) is 13.1. The minimum Gasteiger partial charge on any atom is -0.396 e. The Hall–Kier alpha value is -1.00. The molecule has 3 nitrogen and oxygen atoms in total. The number of thioether (sulfide) groups is 1. The van der Waals surface area contributed by atoms with Crippen molar-refractivity contribution >= 4 is 23.4 Å². The van der Waals surface area contributed by atoms with Crippen LogP contribution >= 0.6 is 11.8 Å². The van der Waals surface area contributed by atoms with Gasteiger partial charge in [0.05, 0.1) is 0 Å². The molecule has 1 aromatic carbocycles. The quantitative estimate of drug-likeness (QED) is 0.717. The zero-order chi connectivity index (χ0) is 11.6. The summed E-state index contributed by atoms with van der Waals surface area (Å²) in [6.45, 7) is 0.225. The molecule has 0 heterocycles. The van der Waals surface area contributed by atoms with E-state index in [0.29, 0.717) is 6.42 Å². The third-order valence-electron chi connectivity index (χ3n) is 1.98. The van der Waals surface area contributed by atoms with Gasteiger partial charge in [-0.3, -0.25) is 4.79 Å². The maximum absolute atomic E-state index is 11.5. The van der Waals surface area contributed by atoms with Crippen molar-refractivity contribution in [2.24, 2.45) is 0 Å². The lowest BCUT2D eigenvalue weighted by atomic mass is 10.3. The monoisotopic (exact) mass is 239 g/mol. The van der Waals surface area contributed by atoms with Crippen LogP contribution in [0, 0.1) is 0 Å². The van der Waals surface area contributed by atoms with Crippen molar-refractivity contribution < 1.29 is 9.90 Å². The van der Waals surface area contributed by atoms with E-state index in [-0.39, 0.29) is 12.5 Å². The van der Waals surface area contributed by atoms with Crippen LogP contribution in [0.25, 0.3) is 0 Å². The molecule has 1 aromatic rings. The van der Waals surface area contributed by atoms with Crippen LogP contribution in [0.1, 0.15) is 12.8 Å². The molecule has 0 saturated heterocycles. The number of anilines is 1. The average molecular weight is 239 g/mol. The molecule has 0 unspecified atom stereocenters. The van der Waals surface area contributed by atoms with E-state index < -0.39 is 0 Å². The molecule has 16 heavy (non-hydrogen) atoms. The highest BCUT2D eigenvalue weighted by molar-refractivity contribution is 7.99. The zero-order valence-electron chi connectivity index (χ0n) is 9.19. The number of benzene rings is 1. The first-order valence-corrected chi connectivity index (χ1v) is 6.52. The maximum atomic E-state index is 11.5. The normalized spacial score (nSPS) is 10.1. The van der Waals surface area contributed by atoms with Gasteiger partial charge in [0.2, 0.25) is 5.91 Å². The summed E-state index contributed by atoms with van der Waals surface area (Å²) < 4.78 is 0. The highest BCUT2D eigenvalue weighted by Crippen LogP contribution is 2.08. The number of nitrogens with one attached hydrogen (secondary N) is 1. The summed E-state index contributed by atoms with van der Waals surface area (Å²) in [4.78, 5) is 11.5. The summed E-state index contributed by atoms with van der Waals surface area (Å²) in [6.07, 6.45) is 1.32. The number of rotatable bonds is 7. The molecular weight excluding hydrogens is 222 g/mol. The first-order chi connectivity index (χ1) is 7.83. The van der Waals surface area contributed by atoms with Gasteiger partial charge in [-0.2, -0.15) is 11.8 Å². The molecule has 0 saturated carbocycles. The van der Waals surface area contributed by atoms with E-state index in [1.165, 1.54) is 0 Å². The van der Waals surface area contributed by atoms with Crippen molar-refractivity contribution in [3.63, 3.8) is 0 Å². The highest BCUT2D eigenvalue weighted by atomic mass is 32.2. The fourth-order valence-corrected chi connectivity index (χ4v) is 2.05. The summed E-state index contributed by atoms with van der Waals surface area (Å²) in [6, 6.07) is 9.45. The van der Waals surface area contributed by atoms with E-state index in [1.54, 1.807) is 11.8 Å². The molecule has 0 aliphatic rings. The minimum atomic E-state index is 0.0442. The molecule has 0 radical (unpaired) electrons. The number of para-hydroxylation sites is 1. The molecule has 88 valence electrons. The van der Waals surface area contributed by atoms with Gasteiger partial charge in [0, 0.05) is 24.5 Å². The van der Waals surface area contributed by atoms with Crippen LogP contribution in [0.15, 0.2) is 30.3 Å². The fraction of sp³-hybridized carbons (Fsp3) is 0.417. The van der Waals surface area contributed by atoms with Gasteiger partial charge in [-0.25, -0.2) is 0 Å². The van der Waals surface area contributed by atoms with E-state index in [1.807, 2.05) is 30.3 Å². The maximum Gasteiger partial charge on any atom is 0.225 e. The van der Waals surface area contributed by atoms with Crippen LogP contribution in [0.5, 0.6) is 0 Å². The summed E-state index contributed by atoms with van der Waals surface area (Å²) >= 11 is 1.70. The van der Waals surface area contributed by atoms with Crippen molar-refractivity contribution in [3.05, 3.63) is 30.3 Å². The lowest BCUT2D eigenvalue weighted by Gasteiger charge is -2.04. The second-order valence-corrected chi connectivity index (χ2v) is 4.58. The van der Waals surface area contributed by atoms with Crippen molar-refractivity contribution in [2.75, 3.05) is 23.4 Å². The molecule has 0 aliphatic heterocycles. The second kappa shape index (κ2) is 8.19. The fourth-order valence-electron chi connectivity index (χ4n) is 1.18. The topological polar surface area (TPSA) is 49.3 Å². The number of aliphatic hydroxyl groups excluding tert-OH is 1. The molecule has 0 atom stereocenters. The Morgan fingerprint density at radius 2 is 2.00 bits per heavy atom. The van der Waals surface area contributed by atoms with Crippen LogP contribution in [0.4, 0.5) is 5.69 Å². The van der Waals surface area contributed by atoms with E-state index in [9.17, 15) is 4.79 Å². The van der Waals surface area contributed by atoms with Crippen LogP contribution in [0.2, 0.25) is 0 Å². The lowest BCUT2D eigenvalue weighted by Crippen LogP contribution is -2.12. The predicted molar refractivity (Wildman–Crippen MR) is 68.7 cm³/mol. The Morgan fingerprint density at radius 3 is 2.69 bits per heavy atom. The number of aliphatic hydroxyl groups is 1. The predicted octanol–water partition coefficient (Wildman–Crippen LogP) is 2.13. The minimum absolute atomic E-state index is 0.0442. The SMILES string of the molecule is O=C(CCSCCCO)Nc1ccccc1. The van der Waals surface area contributed by atoms with Gasteiger partial charge in [0.25, 0.3) is 0 Å². The Bertz CT molecular complexity index is 303. The van der Waals surface area contributed by atoms with E-state index in [2.05, 4.69) is 5.32 Å². The highest BCUT2D eigenvalue weighted by Gasteiger charge is 2.01. The van der Waals surface area contributed by atoms with Crippen LogP contribution in [-0.2, 0) is 4.79 Å². The molecular formula is C12H17NO2S. The number of carbonyl (C=O) groups excluding carboxylic acids is 1. The van der Waals surface area contributed by atoms with Crippen molar-refractivity contribution in [1.82, 2.24) is 0 Å². The van der Waals surface area contributed by atoms with Crippen LogP contribution in [-0.4, -0.2) is 29.1 Å². The molecule has 0 aliphatic carbocycles. The lowest BCUT2D eigenvalue weighted by molar-refractivity contribution is -0.115. The van der Waals surface area contributed by atoms with Gasteiger partial charge in [-0.1, -0.05) is 18.2 Å². The summed E-state index contributed by atoms with van der Waals surface area (Å²) in [5.74, 6) is 1.76. The van der Waals surface area contributed by atoms with Gasteiger partial charge in [0.15, 0.2) is 0 Å². The van der Waals surface area contributed by atoms with Gasteiger partial charge in [0.1, 0.15) is 0 Å². The molecule has 1 amide bonds. The molecule has 0 spiro atoms. The summed E-state index contributed by atoms with van der Waals surface area (Å²) in [7, 11) is 0. The zero-order valence-corrected chi connectivity index (χ0v) is 10.0. The standard InChI is InChI=1S/C12H17NO2S/c14-8-4-9-16-10-7-12(15)13-11-5-2-1-3-6-11/h1-3,5-6,14H,4,7-10H2,(H,13,15). The Balaban J connectivity index is 2.12. The van der Waals surface area contributed by atoms with Crippen molar-refractivity contribution in [2.45, 2.75) is 12.8 Å². The number of hydrogen-bond donors (Lipinski definition) is 2. The van der Waals surface area contributed by atoms with Gasteiger partial charge in [-0.15, -0.1) is 0 Å². The Labute approximate surface area is 100 Å². The molecule has 0 fully saturated rings. The second-order valence-electron chi connectivity index (χ2n) is 3.35. The van der Waals surface area contributed by atoms with Gasteiger partial charge in [-0.05, 0) is 24.3 Å². The Morgan fingerprint density at radius 1 is 1.25 bits per heavy atom. The van der Waals surface area contributed by atoms with Gasteiger partial charge < -0.3 is 10.4 Å². The number of carbonyl (C=O) groups is 1. The average Bonchev–Trinajstić information content (AvgIpc) is 2.30. The molecule has 2 N–H and O–H groups in total.